The van der Waals surface area contributed by atoms with E-state index in [9.17, 15) is 5.11 Å². The Kier molecular flexibility index (Phi) is 5.80. The molecule has 1 heterocycles. The average Bonchev–Trinajstić information content (AvgIpc) is 2.54. The molecule has 23 heavy (non-hydrogen) atoms. The molecule has 0 radical (unpaired) electrons. The summed E-state index contributed by atoms with van der Waals surface area (Å²) < 4.78 is 0. The van der Waals surface area contributed by atoms with Crippen molar-refractivity contribution in [3.63, 3.8) is 0 Å². The lowest BCUT2D eigenvalue weighted by Crippen LogP contribution is -2.41. The Balaban J connectivity index is 2.21. The first-order chi connectivity index (χ1) is 10.9. The third-order valence-corrected chi connectivity index (χ3v) is 4.05. The number of aliphatic hydroxyl groups is 1. The third kappa shape index (κ3) is 4.12. The van der Waals surface area contributed by atoms with Crippen LogP contribution in [0.1, 0.15) is 50.8 Å². The SMILES string of the molecule is CC(C)N(C(=S)c1cnc(C(O)c2ccccc2)cn1)C(C)C. The van der Waals surface area contributed by atoms with Crippen LogP contribution in [0.2, 0.25) is 0 Å². The van der Waals surface area contributed by atoms with Gasteiger partial charge in [-0.2, -0.15) is 0 Å². The first-order valence-corrected chi connectivity index (χ1v) is 8.20. The molecule has 1 unspecified atom stereocenters. The lowest BCUT2D eigenvalue weighted by molar-refractivity contribution is 0.214. The Hall–Kier alpha value is -1.85. The fourth-order valence-electron chi connectivity index (χ4n) is 2.59. The number of aliphatic hydroxyl groups excluding tert-OH is 1. The standard InChI is InChI=1S/C18H23N3OS/c1-12(2)21(13(3)4)18(23)16-11-19-15(10-20-16)17(22)14-8-6-5-7-9-14/h5-13,17,22H,1-4H3. The summed E-state index contributed by atoms with van der Waals surface area (Å²) in [6.07, 6.45) is 2.46. The van der Waals surface area contributed by atoms with E-state index in [2.05, 4.69) is 42.6 Å². The number of hydrogen-bond donors (Lipinski definition) is 1. The van der Waals surface area contributed by atoms with E-state index in [4.69, 9.17) is 12.2 Å². The van der Waals surface area contributed by atoms with E-state index < -0.39 is 6.10 Å². The average molecular weight is 329 g/mol. The maximum Gasteiger partial charge on any atom is 0.129 e. The Morgan fingerprint density at radius 2 is 1.61 bits per heavy atom. The van der Waals surface area contributed by atoms with Gasteiger partial charge in [-0.1, -0.05) is 42.5 Å². The van der Waals surface area contributed by atoms with Crippen molar-refractivity contribution in [2.75, 3.05) is 0 Å². The molecule has 4 nitrogen and oxygen atoms in total. The summed E-state index contributed by atoms with van der Waals surface area (Å²) >= 11 is 5.56. The second-order valence-electron chi connectivity index (χ2n) is 6.04. The predicted octanol–water partition coefficient (Wildman–Crippen LogP) is 3.35. The first kappa shape index (κ1) is 17.5. The van der Waals surface area contributed by atoms with Crippen molar-refractivity contribution in [3.8, 4) is 0 Å². The minimum atomic E-state index is -0.780. The molecule has 0 bridgehead atoms. The molecule has 1 N–H and O–H groups in total. The summed E-state index contributed by atoms with van der Waals surface area (Å²) in [5.74, 6) is 0. The summed E-state index contributed by atoms with van der Waals surface area (Å²) in [6.45, 7) is 8.42. The second kappa shape index (κ2) is 7.62. The molecule has 0 amide bonds. The van der Waals surface area contributed by atoms with Crippen molar-refractivity contribution in [1.29, 1.82) is 0 Å². The highest BCUT2D eigenvalue weighted by Gasteiger charge is 2.20. The molecule has 1 atom stereocenters. The van der Waals surface area contributed by atoms with Crippen LogP contribution >= 0.6 is 12.2 Å². The van der Waals surface area contributed by atoms with Crippen molar-refractivity contribution >= 4 is 17.2 Å². The van der Waals surface area contributed by atoms with Gasteiger partial charge in [0.2, 0.25) is 0 Å². The van der Waals surface area contributed by atoms with Crippen molar-refractivity contribution in [1.82, 2.24) is 14.9 Å². The van der Waals surface area contributed by atoms with Gasteiger partial charge in [0.05, 0.1) is 18.1 Å². The van der Waals surface area contributed by atoms with Crippen LogP contribution in [0.4, 0.5) is 0 Å². The van der Waals surface area contributed by atoms with Crippen LogP contribution in [0.15, 0.2) is 42.7 Å². The summed E-state index contributed by atoms with van der Waals surface area (Å²) in [5.41, 5.74) is 1.97. The maximum atomic E-state index is 10.4. The molecule has 0 saturated carbocycles. The number of aromatic nitrogens is 2. The zero-order valence-corrected chi connectivity index (χ0v) is 14.8. The van der Waals surface area contributed by atoms with Crippen LogP contribution in [0, 0.1) is 0 Å². The maximum absolute atomic E-state index is 10.4. The van der Waals surface area contributed by atoms with Crippen LogP contribution in [-0.4, -0.2) is 37.0 Å². The molecule has 0 saturated heterocycles. The highest BCUT2D eigenvalue weighted by atomic mass is 32.1. The van der Waals surface area contributed by atoms with E-state index in [0.29, 0.717) is 28.5 Å². The lowest BCUT2D eigenvalue weighted by atomic mass is 10.1. The Morgan fingerprint density at radius 3 is 2.09 bits per heavy atom. The van der Waals surface area contributed by atoms with Gasteiger partial charge in [0.25, 0.3) is 0 Å². The van der Waals surface area contributed by atoms with Crippen LogP contribution in [0.25, 0.3) is 0 Å². The third-order valence-electron chi connectivity index (χ3n) is 3.63. The van der Waals surface area contributed by atoms with E-state index >= 15 is 0 Å². The highest BCUT2D eigenvalue weighted by Crippen LogP contribution is 2.19. The minimum Gasteiger partial charge on any atom is -0.382 e. The number of hydrogen-bond acceptors (Lipinski definition) is 4. The molecular weight excluding hydrogens is 306 g/mol. The molecular formula is C18H23N3OS. The molecule has 0 spiro atoms. The normalized spacial score (nSPS) is 12.5. The Labute approximate surface area is 143 Å². The van der Waals surface area contributed by atoms with Crippen molar-refractivity contribution in [3.05, 3.63) is 59.7 Å². The molecule has 122 valence electrons. The van der Waals surface area contributed by atoms with E-state index in [-0.39, 0.29) is 0 Å². The monoisotopic (exact) mass is 329 g/mol. The van der Waals surface area contributed by atoms with Crippen molar-refractivity contribution in [2.45, 2.75) is 45.9 Å². The number of nitrogens with zero attached hydrogens (tertiary/aromatic N) is 3. The number of rotatable bonds is 5. The molecule has 2 aromatic rings. The van der Waals surface area contributed by atoms with Crippen LogP contribution < -0.4 is 0 Å². The predicted molar refractivity (Wildman–Crippen MR) is 96.3 cm³/mol. The Morgan fingerprint density at radius 1 is 1.00 bits per heavy atom. The van der Waals surface area contributed by atoms with E-state index in [1.165, 1.54) is 0 Å². The van der Waals surface area contributed by atoms with Gasteiger partial charge in [-0.25, -0.2) is 0 Å². The topological polar surface area (TPSA) is 49.2 Å². The van der Waals surface area contributed by atoms with E-state index in [1.807, 2.05) is 30.3 Å². The zero-order chi connectivity index (χ0) is 17.0. The minimum absolute atomic E-state index is 0.291. The van der Waals surface area contributed by atoms with Gasteiger partial charge in [0.1, 0.15) is 16.8 Å². The fraction of sp³-hybridized carbons (Fsp3) is 0.389. The van der Waals surface area contributed by atoms with Crippen LogP contribution in [-0.2, 0) is 0 Å². The lowest BCUT2D eigenvalue weighted by Gasteiger charge is -2.32. The quantitative estimate of drug-likeness (QED) is 0.853. The van der Waals surface area contributed by atoms with Gasteiger partial charge in [-0.3, -0.25) is 9.97 Å². The summed E-state index contributed by atoms with van der Waals surface area (Å²) in [6, 6.07) is 10.00. The highest BCUT2D eigenvalue weighted by molar-refractivity contribution is 7.80. The summed E-state index contributed by atoms with van der Waals surface area (Å²) in [7, 11) is 0. The molecule has 1 aromatic heterocycles. The second-order valence-corrected chi connectivity index (χ2v) is 6.43. The van der Waals surface area contributed by atoms with Gasteiger partial charge in [-0.15, -0.1) is 0 Å². The van der Waals surface area contributed by atoms with Crippen molar-refractivity contribution in [2.24, 2.45) is 0 Å². The smallest absolute Gasteiger partial charge is 0.129 e. The van der Waals surface area contributed by atoms with Gasteiger partial charge >= 0.3 is 0 Å². The molecule has 2 rings (SSSR count). The molecule has 0 fully saturated rings. The first-order valence-electron chi connectivity index (χ1n) is 7.79. The van der Waals surface area contributed by atoms with Crippen LogP contribution in [0.5, 0.6) is 0 Å². The molecule has 1 aromatic carbocycles. The molecule has 0 aliphatic heterocycles. The van der Waals surface area contributed by atoms with Gasteiger partial charge < -0.3 is 10.0 Å². The van der Waals surface area contributed by atoms with Crippen molar-refractivity contribution < 1.29 is 5.11 Å². The largest absolute Gasteiger partial charge is 0.382 e. The van der Waals surface area contributed by atoms with Gasteiger partial charge in [0.15, 0.2) is 0 Å². The van der Waals surface area contributed by atoms with Gasteiger partial charge in [-0.05, 0) is 33.3 Å². The number of thiocarbonyl (C=S) groups is 1. The Bertz CT molecular complexity index is 633. The summed E-state index contributed by atoms with van der Waals surface area (Å²) in [5, 5.41) is 10.4. The number of benzene rings is 1. The van der Waals surface area contributed by atoms with E-state index in [1.54, 1.807) is 12.4 Å². The van der Waals surface area contributed by atoms with Crippen LogP contribution in [0.3, 0.4) is 0 Å². The fourth-order valence-corrected chi connectivity index (χ4v) is 3.12. The molecule has 0 aliphatic rings. The zero-order valence-electron chi connectivity index (χ0n) is 14.0. The van der Waals surface area contributed by atoms with E-state index in [0.717, 1.165) is 5.56 Å². The van der Waals surface area contributed by atoms with Gasteiger partial charge in [0, 0.05) is 12.1 Å². The molecule has 0 aliphatic carbocycles. The molecule has 5 heteroatoms. The summed E-state index contributed by atoms with van der Waals surface area (Å²) in [4.78, 5) is 11.6.